The molecule has 0 aliphatic rings. The first-order valence-electron chi connectivity index (χ1n) is 6.71. The molecular weight excluding hydrogens is 284 g/mol. The van der Waals surface area contributed by atoms with Gasteiger partial charge in [0.1, 0.15) is 0 Å². The summed E-state index contributed by atoms with van der Waals surface area (Å²) in [6.07, 6.45) is 0. The highest BCUT2D eigenvalue weighted by Gasteiger charge is 2.07. The van der Waals surface area contributed by atoms with Crippen LogP contribution >= 0.6 is 0 Å². The average Bonchev–Trinajstić information content (AvgIpc) is 2.37. The van der Waals surface area contributed by atoms with E-state index in [1.807, 2.05) is 0 Å². The van der Waals surface area contributed by atoms with Crippen LogP contribution in [0.15, 0.2) is 41.3 Å². The fraction of sp³-hybridized carbons (Fsp3) is 0.250. The fourth-order valence-corrected chi connectivity index (χ4v) is 2.96. The molecule has 2 aromatic rings. The van der Waals surface area contributed by atoms with Gasteiger partial charge in [-0.2, -0.15) is 0 Å². The number of primary sulfonamides is 1. The van der Waals surface area contributed by atoms with Crippen LogP contribution in [0.4, 0.5) is 5.69 Å². The Balaban J connectivity index is 2.14. The summed E-state index contributed by atoms with van der Waals surface area (Å²) in [4.78, 5) is 0.121. The van der Waals surface area contributed by atoms with Crippen LogP contribution in [-0.4, -0.2) is 8.42 Å². The van der Waals surface area contributed by atoms with Gasteiger partial charge in [-0.15, -0.1) is 0 Å². The Bertz CT molecular complexity index is 727. The quantitative estimate of drug-likeness (QED) is 0.912. The molecule has 0 saturated heterocycles. The van der Waals surface area contributed by atoms with Gasteiger partial charge >= 0.3 is 0 Å². The Kier molecular flexibility index (Phi) is 4.34. The van der Waals surface area contributed by atoms with Gasteiger partial charge in [0.25, 0.3) is 0 Å². The molecule has 0 unspecified atom stereocenters. The molecule has 0 spiro atoms. The van der Waals surface area contributed by atoms with E-state index in [0.717, 1.165) is 5.69 Å². The third kappa shape index (κ3) is 3.83. The number of nitrogens with two attached hydrogens (primary N) is 1. The molecule has 0 bridgehead atoms. The minimum Gasteiger partial charge on any atom is -0.381 e. The number of anilines is 1. The maximum absolute atomic E-state index is 11.2. The molecule has 3 N–H and O–H groups in total. The summed E-state index contributed by atoms with van der Waals surface area (Å²) < 4.78 is 22.4. The van der Waals surface area contributed by atoms with Crippen molar-refractivity contribution in [3.63, 3.8) is 0 Å². The van der Waals surface area contributed by atoms with E-state index in [2.05, 4.69) is 38.2 Å². The Labute approximate surface area is 126 Å². The minimum atomic E-state index is -3.63. The van der Waals surface area contributed by atoms with Crippen LogP contribution in [-0.2, 0) is 16.6 Å². The van der Waals surface area contributed by atoms with Crippen LogP contribution in [0.25, 0.3) is 0 Å². The van der Waals surface area contributed by atoms with Gasteiger partial charge in [0.15, 0.2) is 0 Å². The molecule has 0 heterocycles. The zero-order valence-electron chi connectivity index (χ0n) is 12.5. The molecule has 5 heteroatoms. The number of rotatable bonds is 4. The summed E-state index contributed by atoms with van der Waals surface area (Å²) in [7, 11) is -3.63. The van der Waals surface area contributed by atoms with Gasteiger partial charge in [0.2, 0.25) is 10.0 Å². The molecule has 4 nitrogen and oxygen atoms in total. The lowest BCUT2D eigenvalue weighted by molar-refractivity contribution is 0.598. The van der Waals surface area contributed by atoms with Crippen LogP contribution in [0.3, 0.4) is 0 Å². The number of hydrogen-bond donors (Lipinski definition) is 2. The Hall–Kier alpha value is -1.85. The van der Waals surface area contributed by atoms with Crippen LogP contribution in [0.5, 0.6) is 0 Å². The molecule has 0 fully saturated rings. The van der Waals surface area contributed by atoms with Gasteiger partial charge in [-0.3, -0.25) is 0 Å². The van der Waals surface area contributed by atoms with Crippen molar-refractivity contribution in [1.29, 1.82) is 0 Å². The Morgan fingerprint density at radius 3 is 2.00 bits per heavy atom. The molecule has 0 aliphatic heterocycles. The van der Waals surface area contributed by atoms with E-state index in [1.165, 1.54) is 34.4 Å². The van der Waals surface area contributed by atoms with E-state index in [1.54, 1.807) is 12.1 Å². The van der Waals surface area contributed by atoms with Gasteiger partial charge in [-0.05, 0) is 61.7 Å². The number of benzene rings is 2. The highest BCUT2D eigenvalue weighted by atomic mass is 32.2. The average molecular weight is 304 g/mol. The van der Waals surface area contributed by atoms with Gasteiger partial charge in [0, 0.05) is 12.2 Å². The number of aryl methyl sites for hydroxylation is 3. The van der Waals surface area contributed by atoms with Gasteiger partial charge < -0.3 is 5.32 Å². The van der Waals surface area contributed by atoms with Crippen LogP contribution in [0.2, 0.25) is 0 Å². The third-order valence-corrected chi connectivity index (χ3v) is 4.42. The van der Waals surface area contributed by atoms with Crippen molar-refractivity contribution in [3.8, 4) is 0 Å². The minimum absolute atomic E-state index is 0.121. The first-order valence-corrected chi connectivity index (χ1v) is 8.25. The highest BCUT2D eigenvalue weighted by Crippen LogP contribution is 2.19. The van der Waals surface area contributed by atoms with Crippen molar-refractivity contribution in [3.05, 3.63) is 58.7 Å². The number of hydrogen-bond acceptors (Lipinski definition) is 3. The largest absolute Gasteiger partial charge is 0.381 e. The molecule has 0 radical (unpaired) electrons. The number of sulfonamides is 1. The second kappa shape index (κ2) is 5.87. The lowest BCUT2D eigenvalue weighted by Gasteiger charge is -2.13. The first kappa shape index (κ1) is 15.5. The van der Waals surface area contributed by atoms with Crippen molar-refractivity contribution < 1.29 is 8.42 Å². The topological polar surface area (TPSA) is 72.2 Å². The van der Waals surface area contributed by atoms with E-state index in [0.29, 0.717) is 6.54 Å². The lowest BCUT2D eigenvalue weighted by Crippen LogP contribution is -2.12. The van der Waals surface area contributed by atoms with Crippen LogP contribution < -0.4 is 10.5 Å². The third-order valence-electron chi connectivity index (χ3n) is 3.49. The summed E-state index contributed by atoms with van der Waals surface area (Å²) in [6.45, 7) is 6.98. The van der Waals surface area contributed by atoms with Crippen LogP contribution in [0.1, 0.15) is 22.3 Å². The standard InChI is InChI=1S/C16H20N2O2S/c1-11-8-12(2)16(13(3)9-11)10-18-14-4-6-15(7-5-14)21(17,19)20/h4-9,18H,10H2,1-3H3,(H2,17,19,20). The maximum atomic E-state index is 11.2. The molecule has 0 atom stereocenters. The molecular formula is C16H20N2O2S. The SMILES string of the molecule is Cc1cc(C)c(CNc2ccc(S(N)(=O)=O)cc2)c(C)c1. The van der Waals surface area contributed by atoms with E-state index >= 15 is 0 Å². The van der Waals surface area contributed by atoms with Crippen molar-refractivity contribution in [2.75, 3.05) is 5.32 Å². The van der Waals surface area contributed by atoms with E-state index in [9.17, 15) is 8.42 Å². The van der Waals surface area contributed by atoms with Crippen molar-refractivity contribution >= 4 is 15.7 Å². The molecule has 2 rings (SSSR count). The summed E-state index contributed by atoms with van der Waals surface area (Å²) in [5.41, 5.74) is 5.88. The van der Waals surface area contributed by atoms with E-state index in [4.69, 9.17) is 5.14 Å². The first-order chi connectivity index (χ1) is 9.77. The Morgan fingerprint density at radius 2 is 1.52 bits per heavy atom. The van der Waals surface area contributed by atoms with Gasteiger partial charge in [-0.25, -0.2) is 13.6 Å². The van der Waals surface area contributed by atoms with Crippen molar-refractivity contribution in [2.24, 2.45) is 5.14 Å². The smallest absolute Gasteiger partial charge is 0.238 e. The second-order valence-corrected chi connectivity index (χ2v) is 6.86. The summed E-state index contributed by atoms with van der Waals surface area (Å²) in [5, 5.41) is 8.38. The summed E-state index contributed by atoms with van der Waals surface area (Å²) >= 11 is 0. The van der Waals surface area contributed by atoms with Crippen molar-refractivity contribution in [1.82, 2.24) is 0 Å². The normalized spacial score (nSPS) is 11.4. The monoisotopic (exact) mass is 304 g/mol. The lowest BCUT2D eigenvalue weighted by atomic mass is 10.00. The molecule has 2 aromatic carbocycles. The van der Waals surface area contributed by atoms with Crippen LogP contribution in [0, 0.1) is 20.8 Å². The predicted octanol–water partition coefficient (Wildman–Crippen LogP) is 2.87. The van der Waals surface area contributed by atoms with E-state index in [-0.39, 0.29) is 4.90 Å². The van der Waals surface area contributed by atoms with Gasteiger partial charge in [-0.1, -0.05) is 17.7 Å². The molecule has 0 aromatic heterocycles. The van der Waals surface area contributed by atoms with E-state index < -0.39 is 10.0 Å². The Morgan fingerprint density at radius 1 is 1.00 bits per heavy atom. The zero-order valence-corrected chi connectivity index (χ0v) is 13.3. The summed E-state index contributed by atoms with van der Waals surface area (Å²) in [6, 6.07) is 10.8. The van der Waals surface area contributed by atoms with Crippen molar-refractivity contribution in [2.45, 2.75) is 32.2 Å². The zero-order chi connectivity index (χ0) is 15.6. The molecule has 21 heavy (non-hydrogen) atoms. The highest BCUT2D eigenvalue weighted by molar-refractivity contribution is 7.89. The number of nitrogens with one attached hydrogen (secondary N) is 1. The maximum Gasteiger partial charge on any atom is 0.238 e. The molecule has 0 amide bonds. The summed E-state index contributed by atoms with van der Waals surface area (Å²) in [5.74, 6) is 0. The molecule has 0 saturated carbocycles. The molecule has 0 aliphatic carbocycles. The second-order valence-electron chi connectivity index (χ2n) is 5.30. The van der Waals surface area contributed by atoms with Gasteiger partial charge in [0.05, 0.1) is 4.90 Å². The fourth-order valence-electron chi connectivity index (χ4n) is 2.44. The molecule has 112 valence electrons. The predicted molar refractivity (Wildman–Crippen MR) is 85.8 cm³/mol.